The Morgan fingerprint density at radius 1 is 0.941 bits per heavy atom. The Labute approximate surface area is 196 Å². The standard InChI is InChI=1S/C24H21F2N5O2S/c1-4-20-22(23(30-13-29-20)16-8-9-27-14(2)10-16)17-11-21(15(3)28-12-17)31-34(32,33)24-18(25)6-5-7-19(24)26/h5-13,31H,4H2,1-3H3. The Balaban J connectivity index is 1.85. The van der Waals surface area contributed by atoms with Gasteiger partial charge in [-0.25, -0.2) is 27.2 Å². The number of nitrogens with one attached hydrogen (secondary N) is 1. The second-order valence-electron chi connectivity index (χ2n) is 7.60. The van der Waals surface area contributed by atoms with Crippen molar-refractivity contribution >= 4 is 15.7 Å². The zero-order valence-corrected chi connectivity index (χ0v) is 19.5. The molecule has 4 aromatic rings. The molecule has 0 amide bonds. The first-order chi connectivity index (χ1) is 16.2. The molecule has 0 bridgehead atoms. The van der Waals surface area contributed by atoms with Crippen molar-refractivity contribution in [2.45, 2.75) is 32.1 Å². The van der Waals surface area contributed by atoms with Gasteiger partial charge in [0.25, 0.3) is 10.0 Å². The van der Waals surface area contributed by atoms with Crippen LogP contribution in [0.2, 0.25) is 0 Å². The van der Waals surface area contributed by atoms with Gasteiger partial charge in [0.2, 0.25) is 0 Å². The fraction of sp³-hybridized carbons (Fsp3) is 0.167. The number of rotatable bonds is 6. The van der Waals surface area contributed by atoms with Crippen molar-refractivity contribution in [2.75, 3.05) is 4.72 Å². The highest BCUT2D eigenvalue weighted by molar-refractivity contribution is 7.92. The minimum atomic E-state index is -4.56. The summed E-state index contributed by atoms with van der Waals surface area (Å²) in [7, 11) is -4.56. The monoisotopic (exact) mass is 481 g/mol. The van der Waals surface area contributed by atoms with E-state index in [0.29, 0.717) is 28.9 Å². The highest BCUT2D eigenvalue weighted by Gasteiger charge is 2.25. The van der Waals surface area contributed by atoms with E-state index in [0.717, 1.165) is 35.2 Å². The number of benzene rings is 1. The maximum Gasteiger partial charge on any atom is 0.267 e. The summed E-state index contributed by atoms with van der Waals surface area (Å²) in [4.78, 5) is 16.4. The number of aromatic nitrogens is 4. The van der Waals surface area contributed by atoms with Crippen LogP contribution in [0.5, 0.6) is 0 Å². The van der Waals surface area contributed by atoms with Crippen LogP contribution in [0.15, 0.2) is 60.0 Å². The van der Waals surface area contributed by atoms with Crippen LogP contribution in [0, 0.1) is 25.5 Å². The Morgan fingerprint density at radius 3 is 2.35 bits per heavy atom. The summed E-state index contributed by atoms with van der Waals surface area (Å²) >= 11 is 0. The van der Waals surface area contributed by atoms with Crippen LogP contribution in [0.3, 0.4) is 0 Å². The second kappa shape index (κ2) is 9.22. The minimum absolute atomic E-state index is 0.0860. The Kier molecular flexibility index (Phi) is 6.34. The summed E-state index contributed by atoms with van der Waals surface area (Å²) in [6.07, 6.45) is 5.33. The predicted octanol–water partition coefficient (Wildman–Crippen LogP) is 4.86. The van der Waals surface area contributed by atoms with Crippen LogP contribution in [-0.4, -0.2) is 28.4 Å². The molecule has 0 spiro atoms. The smallest absolute Gasteiger partial charge is 0.267 e. The molecule has 0 saturated carbocycles. The van der Waals surface area contributed by atoms with Crippen LogP contribution in [0.25, 0.3) is 22.4 Å². The zero-order chi connectivity index (χ0) is 24.5. The average molecular weight is 482 g/mol. The summed E-state index contributed by atoms with van der Waals surface area (Å²) in [6.45, 7) is 5.40. The van der Waals surface area contributed by atoms with E-state index < -0.39 is 26.6 Å². The number of hydrogen-bond donors (Lipinski definition) is 1. The summed E-state index contributed by atoms with van der Waals surface area (Å²) in [5.41, 5.74) is 4.65. The lowest BCUT2D eigenvalue weighted by Gasteiger charge is -2.16. The molecule has 3 heterocycles. The molecule has 0 aliphatic rings. The topological polar surface area (TPSA) is 97.7 Å². The Bertz CT molecular complexity index is 1470. The first kappa shape index (κ1) is 23.4. The molecule has 0 unspecified atom stereocenters. The Morgan fingerprint density at radius 2 is 1.68 bits per heavy atom. The quantitative estimate of drug-likeness (QED) is 0.422. The lowest BCUT2D eigenvalue weighted by atomic mass is 9.97. The van der Waals surface area contributed by atoms with Crippen molar-refractivity contribution < 1.29 is 17.2 Å². The van der Waals surface area contributed by atoms with Gasteiger partial charge in [0.05, 0.1) is 22.8 Å². The molecule has 3 aromatic heterocycles. The second-order valence-corrected chi connectivity index (χ2v) is 9.22. The number of sulfonamides is 1. The molecule has 0 fully saturated rings. The van der Waals surface area contributed by atoms with Gasteiger partial charge in [-0.3, -0.25) is 14.7 Å². The third-order valence-electron chi connectivity index (χ3n) is 5.24. The van der Waals surface area contributed by atoms with Gasteiger partial charge >= 0.3 is 0 Å². The summed E-state index contributed by atoms with van der Waals surface area (Å²) in [6, 6.07) is 8.14. The largest absolute Gasteiger partial charge is 0.278 e. The summed E-state index contributed by atoms with van der Waals surface area (Å²) < 4.78 is 56.3. The van der Waals surface area contributed by atoms with E-state index in [1.54, 1.807) is 25.4 Å². The number of anilines is 1. The fourth-order valence-corrected chi connectivity index (χ4v) is 4.86. The van der Waals surface area contributed by atoms with Gasteiger partial charge in [-0.05, 0) is 50.6 Å². The lowest BCUT2D eigenvalue weighted by Crippen LogP contribution is -2.17. The van der Waals surface area contributed by atoms with Crippen molar-refractivity contribution in [1.29, 1.82) is 0 Å². The lowest BCUT2D eigenvalue weighted by molar-refractivity contribution is 0.521. The molecule has 0 aliphatic heterocycles. The molecule has 7 nitrogen and oxygen atoms in total. The molecular weight excluding hydrogens is 460 g/mol. The van der Waals surface area contributed by atoms with Crippen molar-refractivity contribution in [1.82, 2.24) is 19.9 Å². The molecule has 0 saturated heterocycles. The van der Waals surface area contributed by atoms with Crippen LogP contribution in [0.1, 0.15) is 24.0 Å². The van der Waals surface area contributed by atoms with Gasteiger partial charge in [-0.15, -0.1) is 0 Å². The third-order valence-corrected chi connectivity index (χ3v) is 6.65. The van der Waals surface area contributed by atoms with E-state index in [1.165, 1.54) is 6.33 Å². The maximum atomic E-state index is 14.2. The van der Waals surface area contributed by atoms with Crippen molar-refractivity contribution in [3.8, 4) is 22.4 Å². The highest BCUT2D eigenvalue weighted by atomic mass is 32.2. The average Bonchev–Trinajstić information content (AvgIpc) is 2.79. The van der Waals surface area contributed by atoms with E-state index in [4.69, 9.17) is 0 Å². The van der Waals surface area contributed by atoms with E-state index in [1.807, 2.05) is 26.0 Å². The van der Waals surface area contributed by atoms with E-state index in [9.17, 15) is 17.2 Å². The SMILES string of the molecule is CCc1ncnc(-c2ccnc(C)c2)c1-c1cnc(C)c(NS(=O)(=O)c2c(F)cccc2F)c1. The first-order valence-electron chi connectivity index (χ1n) is 10.4. The predicted molar refractivity (Wildman–Crippen MR) is 125 cm³/mol. The third kappa shape index (κ3) is 4.49. The van der Waals surface area contributed by atoms with E-state index >= 15 is 0 Å². The van der Waals surface area contributed by atoms with Crippen molar-refractivity contribution in [2.24, 2.45) is 0 Å². The van der Waals surface area contributed by atoms with Crippen LogP contribution in [0.4, 0.5) is 14.5 Å². The van der Waals surface area contributed by atoms with Crippen LogP contribution >= 0.6 is 0 Å². The van der Waals surface area contributed by atoms with Gasteiger partial charge < -0.3 is 0 Å². The van der Waals surface area contributed by atoms with Crippen molar-refractivity contribution in [3.63, 3.8) is 0 Å². The molecule has 34 heavy (non-hydrogen) atoms. The molecule has 0 aliphatic carbocycles. The maximum absolute atomic E-state index is 14.2. The molecule has 1 N–H and O–H groups in total. The van der Waals surface area contributed by atoms with Gasteiger partial charge in [0.1, 0.15) is 18.0 Å². The molecule has 1 aromatic carbocycles. The van der Waals surface area contributed by atoms with Gasteiger partial charge in [0, 0.05) is 34.8 Å². The zero-order valence-electron chi connectivity index (χ0n) is 18.7. The molecule has 0 atom stereocenters. The molecule has 4 rings (SSSR count). The molecular formula is C24H21F2N5O2S. The number of pyridine rings is 2. The van der Waals surface area contributed by atoms with E-state index in [2.05, 4.69) is 24.7 Å². The summed E-state index contributed by atoms with van der Waals surface area (Å²) in [5.74, 6) is -2.37. The van der Waals surface area contributed by atoms with Gasteiger partial charge in [-0.2, -0.15) is 0 Å². The fourth-order valence-electron chi connectivity index (χ4n) is 3.61. The van der Waals surface area contributed by atoms with Crippen LogP contribution in [-0.2, 0) is 16.4 Å². The normalized spacial score (nSPS) is 11.4. The summed E-state index contributed by atoms with van der Waals surface area (Å²) in [5, 5.41) is 0. The number of halogens is 2. The number of nitrogens with zero attached hydrogens (tertiary/aromatic N) is 4. The first-order valence-corrected chi connectivity index (χ1v) is 11.9. The molecule has 0 radical (unpaired) electrons. The Hall–Kier alpha value is -3.79. The number of aryl methyl sites for hydroxylation is 3. The van der Waals surface area contributed by atoms with Gasteiger partial charge in [0.15, 0.2) is 4.90 Å². The molecule has 10 heteroatoms. The van der Waals surface area contributed by atoms with Gasteiger partial charge in [-0.1, -0.05) is 13.0 Å². The van der Waals surface area contributed by atoms with Crippen LogP contribution < -0.4 is 4.72 Å². The minimum Gasteiger partial charge on any atom is -0.278 e. The van der Waals surface area contributed by atoms with Crippen molar-refractivity contribution in [3.05, 3.63) is 83.8 Å². The van der Waals surface area contributed by atoms with E-state index in [-0.39, 0.29) is 5.69 Å². The molecule has 174 valence electrons. The number of hydrogen-bond acceptors (Lipinski definition) is 6. The highest BCUT2D eigenvalue weighted by Crippen LogP contribution is 2.35.